The molecule has 1 amide bonds. The molecule has 5 nitrogen and oxygen atoms in total. The van der Waals surface area contributed by atoms with Crippen LogP contribution in [0.1, 0.15) is 32.1 Å². The molecule has 2 unspecified atom stereocenters. The molecular formula is C17H20F2N2O3S. The number of rotatable bonds is 3. The number of carbonyl (C=O) groups is 1. The number of carbonyl (C=O) groups excluding carboxylic acids is 1. The Labute approximate surface area is 145 Å². The van der Waals surface area contributed by atoms with Gasteiger partial charge in [0.25, 0.3) is 0 Å². The smallest absolute Gasteiger partial charge is 0.243 e. The van der Waals surface area contributed by atoms with Gasteiger partial charge < -0.3 is 4.90 Å². The van der Waals surface area contributed by atoms with Crippen molar-refractivity contribution >= 4 is 15.9 Å². The molecule has 8 heteroatoms. The van der Waals surface area contributed by atoms with E-state index in [2.05, 4.69) is 0 Å². The lowest BCUT2D eigenvalue weighted by Gasteiger charge is -2.46. The molecule has 25 heavy (non-hydrogen) atoms. The van der Waals surface area contributed by atoms with Gasteiger partial charge in [-0.15, -0.1) is 0 Å². The summed E-state index contributed by atoms with van der Waals surface area (Å²) in [6.45, 7) is 0.555. The van der Waals surface area contributed by atoms with Gasteiger partial charge in [-0.3, -0.25) is 4.79 Å². The molecule has 0 bridgehead atoms. The van der Waals surface area contributed by atoms with Crippen LogP contribution in [0.5, 0.6) is 0 Å². The maximum absolute atomic E-state index is 13.4. The first-order valence-corrected chi connectivity index (χ1v) is 10.1. The van der Waals surface area contributed by atoms with E-state index in [1.165, 1.54) is 4.31 Å². The topological polar surface area (TPSA) is 57.7 Å². The average Bonchev–Trinajstić information content (AvgIpc) is 3.38. The van der Waals surface area contributed by atoms with E-state index in [9.17, 15) is 22.0 Å². The fourth-order valence-corrected chi connectivity index (χ4v) is 5.69. The van der Waals surface area contributed by atoms with Crippen LogP contribution in [-0.2, 0) is 14.8 Å². The van der Waals surface area contributed by atoms with Gasteiger partial charge in [-0.1, -0.05) is 0 Å². The normalized spacial score (nSPS) is 28.1. The highest BCUT2D eigenvalue weighted by molar-refractivity contribution is 7.89. The van der Waals surface area contributed by atoms with Crippen molar-refractivity contribution < 1.29 is 22.0 Å². The Morgan fingerprint density at radius 2 is 1.68 bits per heavy atom. The Hall–Kier alpha value is -1.54. The van der Waals surface area contributed by atoms with Crippen LogP contribution in [0.2, 0.25) is 0 Å². The second kappa shape index (κ2) is 6.02. The zero-order valence-corrected chi connectivity index (χ0v) is 14.5. The molecule has 0 N–H and O–H groups in total. The summed E-state index contributed by atoms with van der Waals surface area (Å²) < 4.78 is 53.7. The van der Waals surface area contributed by atoms with E-state index in [1.54, 1.807) is 0 Å². The van der Waals surface area contributed by atoms with Crippen molar-refractivity contribution in [3.63, 3.8) is 0 Å². The third-order valence-electron chi connectivity index (χ3n) is 5.44. The maximum Gasteiger partial charge on any atom is 0.243 e. The Balaban J connectivity index is 1.56. The van der Waals surface area contributed by atoms with Crippen LogP contribution in [0.3, 0.4) is 0 Å². The standard InChI is InChI=1S/C17H20F2N2O3S/c18-12-7-13(19)9-15(8-12)25(23,24)20-6-5-16-11(10-20)1-4-17(22)21(16)14-2-3-14/h7-9,11,14,16H,1-6,10H2. The summed E-state index contributed by atoms with van der Waals surface area (Å²) in [4.78, 5) is 13.8. The zero-order chi connectivity index (χ0) is 17.8. The summed E-state index contributed by atoms with van der Waals surface area (Å²) in [7, 11) is -3.94. The summed E-state index contributed by atoms with van der Waals surface area (Å²) in [5.41, 5.74) is 0. The lowest BCUT2D eigenvalue weighted by molar-refractivity contribution is -0.141. The Kier molecular flexibility index (Phi) is 4.07. The van der Waals surface area contributed by atoms with Crippen molar-refractivity contribution in [1.29, 1.82) is 0 Å². The van der Waals surface area contributed by atoms with Gasteiger partial charge in [0.15, 0.2) is 0 Å². The number of sulfonamides is 1. The highest BCUT2D eigenvalue weighted by atomic mass is 32.2. The van der Waals surface area contributed by atoms with Crippen LogP contribution in [-0.4, -0.2) is 48.7 Å². The number of likely N-dealkylation sites (tertiary alicyclic amines) is 1. The number of amides is 1. The van der Waals surface area contributed by atoms with Gasteiger partial charge in [0, 0.05) is 37.7 Å². The first-order valence-electron chi connectivity index (χ1n) is 8.63. The molecule has 2 aliphatic heterocycles. The number of benzene rings is 1. The Bertz CT molecular complexity index is 790. The van der Waals surface area contributed by atoms with Gasteiger partial charge in [-0.2, -0.15) is 4.31 Å². The predicted octanol–water partition coefficient (Wildman–Crippen LogP) is 2.13. The van der Waals surface area contributed by atoms with Crippen molar-refractivity contribution in [2.24, 2.45) is 5.92 Å². The molecule has 3 aliphatic rings. The van der Waals surface area contributed by atoms with Crippen LogP contribution in [0.4, 0.5) is 8.78 Å². The number of piperidine rings is 2. The molecule has 0 aromatic heterocycles. The SMILES string of the molecule is O=C1CCC2CN(S(=O)(=O)c3cc(F)cc(F)c3)CCC2N1C1CC1. The molecule has 136 valence electrons. The van der Waals surface area contributed by atoms with Crippen LogP contribution in [0, 0.1) is 17.6 Å². The minimum atomic E-state index is -3.94. The molecule has 1 aromatic rings. The number of halogens is 2. The summed E-state index contributed by atoms with van der Waals surface area (Å²) in [5, 5.41) is 0. The van der Waals surface area contributed by atoms with Crippen LogP contribution >= 0.6 is 0 Å². The molecule has 1 saturated carbocycles. The second-order valence-electron chi connectivity index (χ2n) is 7.16. The summed E-state index contributed by atoms with van der Waals surface area (Å²) >= 11 is 0. The molecular weight excluding hydrogens is 350 g/mol. The fourth-order valence-electron chi connectivity index (χ4n) is 4.13. The highest BCUT2D eigenvalue weighted by Crippen LogP contribution is 2.39. The van der Waals surface area contributed by atoms with Gasteiger partial charge >= 0.3 is 0 Å². The monoisotopic (exact) mass is 370 g/mol. The molecule has 0 spiro atoms. The summed E-state index contributed by atoms with van der Waals surface area (Å²) in [6.07, 6.45) is 3.74. The lowest BCUT2D eigenvalue weighted by atomic mass is 9.84. The van der Waals surface area contributed by atoms with E-state index in [4.69, 9.17) is 0 Å². The van der Waals surface area contributed by atoms with Gasteiger partial charge in [0.1, 0.15) is 11.6 Å². The molecule has 3 fully saturated rings. The lowest BCUT2D eigenvalue weighted by Crippen LogP contribution is -2.57. The minimum absolute atomic E-state index is 0.0835. The van der Waals surface area contributed by atoms with Crippen molar-refractivity contribution in [3.05, 3.63) is 29.8 Å². The largest absolute Gasteiger partial charge is 0.336 e. The van der Waals surface area contributed by atoms with Gasteiger partial charge in [0.05, 0.1) is 4.90 Å². The molecule has 2 atom stereocenters. The summed E-state index contributed by atoms with van der Waals surface area (Å²) in [5.74, 6) is -1.55. The van der Waals surface area contributed by atoms with Crippen molar-refractivity contribution in [3.8, 4) is 0 Å². The third kappa shape index (κ3) is 3.06. The number of hydrogen-bond acceptors (Lipinski definition) is 3. The first-order chi connectivity index (χ1) is 11.9. The average molecular weight is 370 g/mol. The molecule has 1 aromatic carbocycles. The zero-order valence-electron chi connectivity index (χ0n) is 13.7. The number of hydrogen-bond donors (Lipinski definition) is 0. The van der Waals surface area contributed by atoms with Gasteiger partial charge in [-0.25, -0.2) is 17.2 Å². The van der Waals surface area contributed by atoms with Crippen LogP contribution in [0.25, 0.3) is 0 Å². The van der Waals surface area contributed by atoms with E-state index < -0.39 is 21.7 Å². The molecule has 4 rings (SSSR count). The number of nitrogens with zero attached hydrogens (tertiary/aromatic N) is 2. The highest BCUT2D eigenvalue weighted by Gasteiger charge is 2.46. The Morgan fingerprint density at radius 1 is 1.00 bits per heavy atom. The minimum Gasteiger partial charge on any atom is -0.336 e. The van der Waals surface area contributed by atoms with Gasteiger partial charge in [-0.05, 0) is 43.7 Å². The van der Waals surface area contributed by atoms with Gasteiger partial charge in [0.2, 0.25) is 15.9 Å². The van der Waals surface area contributed by atoms with Crippen molar-refractivity contribution in [1.82, 2.24) is 9.21 Å². The summed E-state index contributed by atoms with van der Waals surface area (Å²) in [6, 6.07) is 2.77. The van der Waals surface area contributed by atoms with E-state index in [-0.39, 0.29) is 29.3 Å². The third-order valence-corrected chi connectivity index (χ3v) is 7.29. The fraction of sp³-hybridized carbons (Fsp3) is 0.588. The van der Waals surface area contributed by atoms with E-state index in [0.717, 1.165) is 25.0 Å². The predicted molar refractivity (Wildman–Crippen MR) is 86.1 cm³/mol. The van der Waals surface area contributed by atoms with Crippen LogP contribution < -0.4 is 0 Å². The number of fused-ring (bicyclic) bond motifs is 1. The molecule has 2 heterocycles. The van der Waals surface area contributed by atoms with Crippen LogP contribution in [0.15, 0.2) is 23.1 Å². The first kappa shape index (κ1) is 16.9. The Morgan fingerprint density at radius 3 is 2.32 bits per heavy atom. The molecule has 1 aliphatic carbocycles. The van der Waals surface area contributed by atoms with E-state index >= 15 is 0 Å². The maximum atomic E-state index is 13.4. The molecule has 2 saturated heterocycles. The molecule has 0 radical (unpaired) electrons. The van der Waals surface area contributed by atoms with Crippen molar-refractivity contribution in [2.45, 2.75) is 49.1 Å². The van der Waals surface area contributed by atoms with Crippen molar-refractivity contribution in [2.75, 3.05) is 13.1 Å². The van der Waals surface area contributed by atoms with E-state index in [1.807, 2.05) is 4.90 Å². The van der Waals surface area contributed by atoms with E-state index in [0.29, 0.717) is 37.9 Å². The second-order valence-corrected chi connectivity index (χ2v) is 9.09. The quantitative estimate of drug-likeness (QED) is 0.819.